The van der Waals surface area contributed by atoms with Gasteiger partial charge in [0.1, 0.15) is 11.3 Å². The van der Waals surface area contributed by atoms with Gasteiger partial charge in [-0.25, -0.2) is 9.78 Å². The molecule has 128 valence electrons. The fourth-order valence-electron chi connectivity index (χ4n) is 3.53. The van der Waals surface area contributed by atoms with Gasteiger partial charge in [0.15, 0.2) is 0 Å². The van der Waals surface area contributed by atoms with Gasteiger partial charge in [-0.1, -0.05) is 0 Å². The molecule has 1 atom stereocenters. The van der Waals surface area contributed by atoms with Gasteiger partial charge in [-0.05, 0) is 50.1 Å². The highest BCUT2D eigenvalue weighted by Gasteiger charge is 2.26. The summed E-state index contributed by atoms with van der Waals surface area (Å²) in [6.45, 7) is 3.22. The van der Waals surface area contributed by atoms with Crippen molar-refractivity contribution in [1.29, 1.82) is 0 Å². The van der Waals surface area contributed by atoms with E-state index < -0.39 is 0 Å². The number of amides is 1. The minimum Gasteiger partial charge on any atom is -0.461 e. The lowest BCUT2D eigenvalue weighted by Crippen LogP contribution is -2.39. The van der Waals surface area contributed by atoms with Crippen molar-refractivity contribution >= 4 is 16.9 Å². The Balaban J connectivity index is 1.57. The number of hydrogen-bond donors (Lipinski definition) is 1. The molecule has 1 fully saturated rings. The van der Waals surface area contributed by atoms with Crippen LogP contribution < -0.4 is 5.69 Å². The number of carbonyl (C=O) groups excluding carboxylic acids is 1. The molecule has 1 amide bonds. The molecule has 4 rings (SSSR count). The number of piperidine rings is 1. The van der Waals surface area contributed by atoms with Crippen LogP contribution in [0.2, 0.25) is 0 Å². The fraction of sp³-hybridized carbons (Fsp3) is 0.316. The number of fused-ring (bicyclic) bond motifs is 1. The van der Waals surface area contributed by atoms with Gasteiger partial charge < -0.3 is 14.3 Å². The second-order valence-electron chi connectivity index (χ2n) is 6.53. The molecule has 0 radical (unpaired) electrons. The highest BCUT2D eigenvalue weighted by Crippen LogP contribution is 2.27. The minimum atomic E-state index is -0.346. The normalized spacial score (nSPS) is 17.8. The van der Waals surface area contributed by atoms with Crippen LogP contribution in [0.3, 0.4) is 0 Å². The Kier molecular flexibility index (Phi) is 3.87. The molecule has 1 N–H and O–H groups in total. The Bertz CT molecular complexity index is 989. The van der Waals surface area contributed by atoms with E-state index in [0.29, 0.717) is 12.1 Å². The molecular weight excluding hydrogens is 318 g/mol. The molecule has 3 aromatic rings. The van der Waals surface area contributed by atoms with E-state index in [1.807, 2.05) is 42.2 Å². The summed E-state index contributed by atoms with van der Waals surface area (Å²) in [5.74, 6) is 0.981. The fourth-order valence-corrected chi connectivity index (χ4v) is 3.53. The first-order chi connectivity index (χ1) is 12.1. The third kappa shape index (κ3) is 3.07. The lowest BCUT2D eigenvalue weighted by molar-refractivity contribution is 0.0706. The third-order valence-electron chi connectivity index (χ3n) is 4.73. The van der Waals surface area contributed by atoms with Gasteiger partial charge in [-0.3, -0.25) is 4.79 Å². The van der Waals surface area contributed by atoms with Crippen molar-refractivity contribution in [2.75, 3.05) is 13.1 Å². The zero-order chi connectivity index (χ0) is 17.4. The standard InChI is InChI=1S/C19H19N3O3/c1-12-9-15-10-13(4-5-17(15)25-12)18(23)22-8-2-3-14(11-22)16-6-7-20-19(24)21-16/h4-7,9-10,14H,2-3,8,11H2,1H3,(H,20,21,24)/t14-/m0/s1. The van der Waals surface area contributed by atoms with Crippen LogP contribution in [-0.2, 0) is 0 Å². The number of likely N-dealkylation sites (tertiary alicyclic amines) is 1. The largest absolute Gasteiger partial charge is 0.461 e. The average Bonchev–Trinajstić information content (AvgIpc) is 3.00. The van der Waals surface area contributed by atoms with Gasteiger partial charge in [0.05, 0.1) is 0 Å². The van der Waals surface area contributed by atoms with Crippen LogP contribution in [0.5, 0.6) is 0 Å². The van der Waals surface area contributed by atoms with Crippen molar-refractivity contribution < 1.29 is 9.21 Å². The molecule has 6 heteroatoms. The van der Waals surface area contributed by atoms with E-state index in [1.165, 1.54) is 6.20 Å². The van der Waals surface area contributed by atoms with E-state index in [-0.39, 0.29) is 17.5 Å². The lowest BCUT2D eigenvalue weighted by atomic mass is 9.94. The summed E-state index contributed by atoms with van der Waals surface area (Å²) in [4.78, 5) is 32.7. The molecule has 0 bridgehead atoms. The van der Waals surface area contributed by atoms with Gasteiger partial charge in [0.25, 0.3) is 5.91 Å². The number of aromatic nitrogens is 2. The number of benzene rings is 1. The van der Waals surface area contributed by atoms with E-state index in [4.69, 9.17) is 4.42 Å². The number of hydrogen-bond acceptors (Lipinski definition) is 4. The predicted octanol–water partition coefficient (Wildman–Crippen LogP) is 2.84. The van der Waals surface area contributed by atoms with E-state index in [2.05, 4.69) is 9.97 Å². The Labute approximate surface area is 144 Å². The van der Waals surface area contributed by atoms with Crippen LogP contribution >= 0.6 is 0 Å². The summed E-state index contributed by atoms with van der Waals surface area (Å²) in [6, 6.07) is 9.29. The minimum absolute atomic E-state index is 0.0156. The molecule has 1 saturated heterocycles. The monoisotopic (exact) mass is 337 g/mol. The zero-order valence-electron chi connectivity index (χ0n) is 14.0. The van der Waals surface area contributed by atoms with Crippen LogP contribution in [0.4, 0.5) is 0 Å². The second kappa shape index (κ2) is 6.20. The molecule has 0 saturated carbocycles. The summed E-state index contributed by atoms with van der Waals surface area (Å²) in [7, 11) is 0. The van der Waals surface area contributed by atoms with Crippen molar-refractivity contribution in [1.82, 2.24) is 14.9 Å². The van der Waals surface area contributed by atoms with E-state index in [9.17, 15) is 9.59 Å². The Morgan fingerprint density at radius 3 is 3.04 bits per heavy atom. The smallest absolute Gasteiger partial charge is 0.345 e. The van der Waals surface area contributed by atoms with Gasteiger partial charge in [-0.15, -0.1) is 0 Å². The maximum Gasteiger partial charge on any atom is 0.345 e. The lowest BCUT2D eigenvalue weighted by Gasteiger charge is -2.32. The van der Waals surface area contributed by atoms with Crippen LogP contribution in [0.1, 0.15) is 40.6 Å². The van der Waals surface area contributed by atoms with Gasteiger partial charge in [0.2, 0.25) is 0 Å². The molecule has 1 aliphatic heterocycles. The van der Waals surface area contributed by atoms with Crippen molar-refractivity contribution in [2.24, 2.45) is 0 Å². The van der Waals surface area contributed by atoms with Crippen molar-refractivity contribution in [2.45, 2.75) is 25.7 Å². The summed E-state index contributed by atoms with van der Waals surface area (Å²) < 4.78 is 5.57. The summed E-state index contributed by atoms with van der Waals surface area (Å²) in [5, 5.41) is 0.940. The van der Waals surface area contributed by atoms with Gasteiger partial charge >= 0.3 is 5.69 Å². The van der Waals surface area contributed by atoms with E-state index >= 15 is 0 Å². The summed E-state index contributed by atoms with van der Waals surface area (Å²) in [5.41, 5.74) is 1.96. The molecular formula is C19H19N3O3. The number of nitrogens with one attached hydrogen (secondary N) is 1. The highest BCUT2D eigenvalue weighted by atomic mass is 16.3. The van der Waals surface area contributed by atoms with Crippen molar-refractivity contribution in [3.63, 3.8) is 0 Å². The molecule has 2 aromatic heterocycles. The maximum absolute atomic E-state index is 12.9. The quantitative estimate of drug-likeness (QED) is 0.780. The number of aromatic amines is 1. The first kappa shape index (κ1) is 15.6. The Morgan fingerprint density at radius 1 is 1.32 bits per heavy atom. The van der Waals surface area contributed by atoms with E-state index in [1.54, 1.807) is 0 Å². The van der Waals surface area contributed by atoms with Crippen molar-refractivity contribution in [3.05, 3.63) is 64.0 Å². The molecule has 25 heavy (non-hydrogen) atoms. The number of nitrogens with zero attached hydrogens (tertiary/aromatic N) is 2. The number of rotatable bonds is 2. The number of furan rings is 1. The molecule has 3 heterocycles. The van der Waals surface area contributed by atoms with Crippen molar-refractivity contribution in [3.8, 4) is 0 Å². The predicted molar refractivity (Wildman–Crippen MR) is 93.7 cm³/mol. The molecule has 1 aliphatic rings. The van der Waals surface area contributed by atoms with Crippen LogP contribution in [0.15, 0.2) is 45.7 Å². The number of aryl methyl sites for hydroxylation is 1. The highest BCUT2D eigenvalue weighted by molar-refractivity contribution is 5.98. The number of carbonyl (C=O) groups is 1. The first-order valence-electron chi connectivity index (χ1n) is 8.45. The van der Waals surface area contributed by atoms with Gasteiger partial charge in [-0.2, -0.15) is 0 Å². The zero-order valence-corrected chi connectivity index (χ0v) is 14.0. The van der Waals surface area contributed by atoms with E-state index in [0.717, 1.165) is 41.8 Å². The van der Waals surface area contributed by atoms with Crippen LogP contribution in [0.25, 0.3) is 11.0 Å². The SMILES string of the molecule is Cc1cc2cc(C(=O)N3CCC[C@H](c4ccnc(=O)[nH]4)C3)ccc2o1. The second-order valence-corrected chi connectivity index (χ2v) is 6.53. The molecule has 6 nitrogen and oxygen atoms in total. The molecule has 0 spiro atoms. The molecule has 0 aliphatic carbocycles. The molecule has 0 unspecified atom stereocenters. The average molecular weight is 337 g/mol. The summed E-state index contributed by atoms with van der Waals surface area (Å²) in [6.07, 6.45) is 3.38. The Morgan fingerprint density at radius 2 is 2.20 bits per heavy atom. The van der Waals surface area contributed by atoms with Crippen LogP contribution in [-0.4, -0.2) is 33.9 Å². The Hall–Kier alpha value is -2.89. The summed E-state index contributed by atoms with van der Waals surface area (Å²) >= 11 is 0. The number of H-pyrrole nitrogens is 1. The van der Waals surface area contributed by atoms with Gasteiger partial charge in [0, 0.05) is 41.8 Å². The maximum atomic E-state index is 12.9. The molecule has 1 aromatic carbocycles. The topological polar surface area (TPSA) is 79.2 Å². The first-order valence-corrected chi connectivity index (χ1v) is 8.45. The third-order valence-corrected chi connectivity index (χ3v) is 4.73. The van der Waals surface area contributed by atoms with Crippen LogP contribution in [0, 0.1) is 6.92 Å².